The third-order valence-corrected chi connectivity index (χ3v) is 6.79. The van der Waals surface area contributed by atoms with Crippen molar-refractivity contribution in [1.29, 1.82) is 0 Å². The van der Waals surface area contributed by atoms with E-state index in [1.54, 1.807) is 0 Å². The quantitative estimate of drug-likeness (QED) is 0.132. The van der Waals surface area contributed by atoms with Gasteiger partial charge < -0.3 is 0 Å². The molecule has 0 N–H and O–H groups in total. The molecule has 0 amide bonds. The van der Waals surface area contributed by atoms with Crippen molar-refractivity contribution in [1.82, 2.24) is 0 Å². The Hall–Kier alpha value is 0. The molecule has 0 heterocycles. The molecule has 175 valence electrons. The van der Waals surface area contributed by atoms with E-state index in [4.69, 9.17) is 0 Å². The Kier molecular flexibility index (Phi) is 26.0. The Balaban J connectivity index is 3.61. The van der Waals surface area contributed by atoms with Gasteiger partial charge >= 0.3 is 0 Å². The minimum absolute atomic E-state index is 1.01. The molecule has 1 radical (unpaired) electrons. The maximum Gasteiger partial charge on any atom is -0.0414 e. The van der Waals surface area contributed by atoms with Crippen LogP contribution in [-0.2, 0) is 0 Å². The predicted octanol–water partition coefficient (Wildman–Crippen LogP) is 11.2. The molecule has 0 heteroatoms. The van der Waals surface area contributed by atoms with Crippen molar-refractivity contribution in [3.63, 3.8) is 0 Å². The summed E-state index contributed by atoms with van der Waals surface area (Å²) in [6.07, 6.45) is 36.2. The van der Waals surface area contributed by atoms with Crippen LogP contribution in [0.3, 0.4) is 0 Å². The Labute approximate surface area is 187 Å². The van der Waals surface area contributed by atoms with Crippen LogP contribution in [0, 0.1) is 12.8 Å². The third kappa shape index (κ3) is 24.1. The molecule has 0 saturated heterocycles. The first kappa shape index (κ1) is 29.0. The number of rotatable bonds is 25. The second-order valence-corrected chi connectivity index (χ2v) is 9.80. The van der Waals surface area contributed by atoms with Crippen LogP contribution in [0.25, 0.3) is 0 Å². The van der Waals surface area contributed by atoms with E-state index < -0.39 is 0 Å². The first-order valence-corrected chi connectivity index (χ1v) is 14.1. The summed E-state index contributed by atoms with van der Waals surface area (Å²) >= 11 is 0. The molecule has 0 saturated carbocycles. The van der Waals surface area contributed by atoms with Gasteiger partial charge in [-0.2, -0.15) is 0 Å². The van der Waals surface area contributed by atoms with Crippen LogP contribution < -0.4 is 0 Å². The lowest BCUT2D eigenvalue weighted by molar-refractivity contribution is 0.368. The zero-order valence-corrected chi connectivity index (χ0v) is 21.0. The predicted molar refractivity (Wildman–Crippen MR) is 136 cm³/mol. The molecule has 29 heavy (non-hydrogen) atoms. The van der Waals surface area contributed by atoms with Gasteiger partial charge in [-0.1, -0.05) is 181 Å². The minimum Gasteiger partial charge on any atom is -0.0654 e. The van der Waals surface area contributed by atoms with Crippen LogP contribution in [0.2, 0.25) is 0 Å². The Morgan fingerprint density at radius 3 is 0.966 bits per heavy atom. The average Bonchev–Trinajstić information content (AvgIpc) is 2.73. The lowest BCUT2D eigenvalue weighted by Gasteiger charge is -2.17. The van der Waals surface area contributed by atoms with Gasteiger partial charge in [-0.3, -0.25) is 0 Å². The van der Waals surface area contributed by atoms with E-state index in [0.29, 0.717) is 0 Å². The normalized spacial score (nSPS) is 12.5. The zero-order valence-electron chi connectivity index (χ0n) is 21.0. The first-order chi connectivity index (χ1) is 14.3. The molecule has 0 aromatic heterocycles. The summed E-state index contributed by atoms with van der Waals surface area (Å²) in [6.45, 7) is 8.65. The standard InChI is InChI=1S/C29H59/c1-4-7-10-12-14-16-18-20-22-25-28-29(26-23-9-6-3)27-24-21-19-17-15-13-11-8-5-2/h29H,3-28H2,1-2H3. The highest BCUT2D eigenvalue weighted by atomic mass is 14.1. The number of hydrogen-bond donors (Lipinski definition) is 0. The molecule has 0 aliphatic rings. The number of hydrogen-bond acceptors (Lipinski definition) is 0. The van der Waals surface area contributed by atoms with Crippen molar-refractivity contribution in [2.75, 3.05) is 0 Å². The Morgan fingerprint density at radius 1 is 0.379 bits per heavy atom. The highest BCUT2D eigenvalue weighted by Crippen LogP contribution is 2.24. The molecule has 0 bridgehead atoms. The van der Waals surface area contributed by atoms with Crippen molar-refractivity contribution in [3.05, 3.63) is 6.92 Å². The second-order valence-electron chi connectivity index (χ2n) is 9.80. The van der Waals surface area contributed by atoms with Crippen molar-refractivity contribution in [2.45, 2.75) is 174 Å². The lowest BCUT2D eigenvalue weighted by atomic mass is 9.89. The van der Waals surface area contributed by atoms with E-state index in [0.717, 1.165) is 12.3 Å². The smallest absolute Gasteiger partial charge is 0.0414 e. The summed E-state index contributed by atoms with van der Waals surface area (Å²) in [6, 6.07) is 0. The van der Waals surface area contributed by atoms with Gasteiger partial charge in [0.05, 0.1) is 0 Å². The summed E-state index contributed by atoms with van der Waals surface area (Å²) in [5.74, 6) is 1.01. The van der Waals surface area contributed by atoms with Crippen LogP contribution in [0.5, 0.6) is 0 Å². The molecule has 0 fully saturated rings. The van der Waals surface area contributed by atoms with Crippen LogP contribution in [0.15, 0.2) is 0 Å². The molecule has 0 spiro atoms. The zero-order chi connectivity index (χ0) is 21.3. The monoisotopic (exact) mass is 407 g/mol. The maximum absolute atomic E-state index is 4.03. The molecule has 0 rings (SSSR count). The topological polar surface area (TPSA) is 0 Å². The van der Waals surface area contributed by atoms with Crippen molar-refractivity contribution in [2.24, 2.45) is 5.92 Å². The molecule has 1 atom stereocenters. The fraction of sp³-hybridized carbons (Fsp3) is 0.966. The molecule has 0 nitrogen and oxygen atoms in total. The Bertz CT molecular complexity index is 269. The fourth-order valence-electron chi connectivity index (χ4n) is 4.71. The van der Waals surface area contributed by atoms with E-state index in [1.165, 1.54) is 154 Å². The molecule has 0 aliphatic carbocycles. The van der Waals surface area contributed by atoms with Crippen LogP contribution >= 0.6 is 0 Å². The summed E-state index contributed by atoms with van der Waals surface area (Å²) in [5, 5.41) is 0. The van der Waals surface area contributed by atoms with E-state index >= 15 is 0 Å². The molecular weight excluding hydrogens is 348 g/mol. The molecule has 0 aromatic carbocycles. The maximum atomic E-state index is 4.03. The molecule has 1 unspecified atom stereocenters. The van der Waals surface area contributed by atoms with Crippen LogP contribution in [0.1, 0.15) is 174 Å². The van der Waals surface area contributed by atoms with Gasteiger partial charge in [-0.05, 0) is 5.92 Å². The number of unbranched alkanes of at least 4 members (excludes halogenated alkanes) is 19. The SMILES string of the molecule is [CH2]CCCCC(CCCCCCCCCCC)CCCCCCCCCCCC. The van der Waals surface area contributed by atoms with Gasteiger partial charge in [-0.25, -0.2) is 0 Å². The largest absolute Gasteiger partial charge is 0.0654 e. The van der Waals surface area contributed by atoms with Crippen molar-refractivity contribution < 1.29 is 0 Å². The van der Waals surface area contributed by atoms with Gasteiger partial charge in [0.1, 0.15) is 0 Å². The highest BCUT2D eigenvalue weighted by Gasteiger charge is 2.08. The lowest BCUT2D eigenvalue weighted by Crippen LogP contribution is -2.01. The van der Waals surface area contributed by atoms with Crippen LogP contribution in [0.4, 0.5) is 0 Å². The van der Waals surface area contributed by atoms with E-state index in [9.17, 15) is 0 Å². The first-order valence-electron chi connectivity index (χ1n) is 14.1. The summed E-state index contributed by atoms with van der Waals surface area (Å²) < 4.78 is 0. The summed E-state index contributed by atoms with van der Waals surface area (Å²) in [4.78, 5) is 0. The Morgan fingerprint density at radius 2 is 0.655 bits per heavy atom. The van der Waals surface area contributed by atoms with E-state index in [2.05, 4.69) is 20.8 Å². The van der Waals surface area contributed by atoms with Crippen molar-refractivity contribution >= 4 is 0 Å². The third-order valence-electron chi connectivity index (χ3n) is 6.79. The van der Waals surface area contributed by atoms with Gasteiger partial charge in [0.15, 0.2) is 0 Å². The second kappa shape index (κ2) is 26.0. The van der Waals surface area contributed by atoms with Gasteiger partial charge in [-0.15, -0.1) is 0 Å². The minimum atomic E-state index is 1.01. The molecular formula is C29H59. The summed E-state index contributed by atoms with van der Waals surface area (Å²) in [7, 11) is 0. The van der Waals surface area contributed by atoms with Gasteiger partial charge in [0.25, 0.3) is 0 Å². The summed E-state index contributed by atoms with van der Waals surface area (Å²) in [5.41, 5.74) is 0. The van der Waals surface area contributed by atoms with E-state index in [1.807, 2.05) is 0 Å². The van der Waals surface area contributed by atoms with E-state index in [-0.39, 0.29) is 0 Å². The highest BCUT2D eigenvalue weighted by molar-refractivity contribution is 4.62. The average molecular weight is 408 g/mol. The van der Waals surface area contributed by atoms with Gasteiger partial charge in [0, 0.05) is 0 Å². The van der Waals surface area contributed by atoms with Gasteiger partial charge in [0.2, 0.25) is 0 Å². The van der Waals surface area contributed by atoms with Crippen molar-refractivity contribution in [3.8, 4) is 0 Å². The molecule has 0 aromatic rings. The molecule has 0 aliphatic heterocycles. The fourth-order valence-corrected chi connectivity index (χ4v) is 4.71. The van der Waals surface area contributed by atoms with Crippen LogP contribution in [-0.4, -0.2) is 0 Å².